The molecular weight excluding hydrogens is 272 g/mol. The van der Waals surface area contributed by atoms with Crippen LogP contribution in [0.15, 0.2) is 42.5 Å². The van der Waals surface area contributed by atoms with E-state index in [4.69, 9.17) is 4.74 Å². The smallest absolute Gasteiger partial charge is 0.159 e. The van der Waals surface area contributed by atoms with Crippen molar-refractivity contribution in [2.75, 3.05) is 6.61 Å². The third kappa shape index (κ3) is 4.83. The summed E-state index contributed by atoms with van der Waals surface area (Å²) in [5.74, 6) is -0.769. The summed E-state index contributed by atoms with van der Waals surface area (Å²) in [5, 5.41) is 3.20. The fourth-order valence-corrected chi connectivity index (χ4v) is 1.92. The van der Waals surface area contributed by atoms with E-state index in [0.29, 0.717) is 19.7 Å². The van der Waals surface area contributed by atoms with Crippen molar-refractivity contribution in [3.05, 3.63) is 65.2 Å². The molecule has 112 valence electrons. The van der Waals surface area contributed by atoms with Crippen LogP contribution in [0.5, 0.6) is 5.75 Å². The average molecular weight is 291 g/mol. The highest BCUT2D eigenvalue weighted by Crippen LogP contribution is 2.13. The van der Waals surface area contributed by atoms with E-state index < -0.39 is 11.6 Å². The van der Waals surface area contributed by atoms with Gasteiger partial charge in [0.2, 0.25) is 0 Å². The molecule has 0 saturated heterocycles. The standard InChI is InChI=1S/C17H19F2NO/c1-2-9-21-15-6-3-13(4-7-15)11-20-12-14-5-8-16(18)17(19)10-14/h3-8,10,20H,2,9,11-12H2,1H3. The van der Waals surface area contributed by atoms with E-state index in [2.05, 4.69) is 12.2 Å². The van der Waals surface area contributed by atoms with Gasteiger partial charge in [0.25, 0.3) is 0 Å². The molecule has 0 aliphatic carbocycles. The fourth-order valence-electron chi connectivity index (χ4n) is 1.92. The lowest BCUT2D eigenvalue weighted by Gasteiger charge is -2.08. The Hall–Kier alpha value is -1.94. The number of ether oxygens (including phenoxy) is 1. The van der Waals surface area contributed by atoms with Crippen molar-refractivity contribution >= 4 is 0 Å². The van der Waals surface area contributed by atoms with E-state index in [1.807, 2.05) is 24.3 Å². The topological polar surface area (TPSA) is 21.3 Å². The summed E-state index contributed by atoms with van der Waals surface area (Å²) in [7, 11) is 0. The largest absolute Gasteiger partial charge is 0.494 e. The second-order valence-corrected chi connectivity index (χ2v) is 4.84. The number of nitrogens with one attached hydrogen (secondary N) is 1. The van der Waals surface area contributed by atoms with Gasteiger partial charge in [-0.2, -0.15) is 0 Å². The van der Waals surface area contributed by atoms with Crippen LogP contribution in [0, 0.1) is 11.6 Å². The van der Waals surface area contributed by atoms with Crippen molar-refractivity contribution in [3.8, 4) is 5.75 Å². The van der Waals surface area contributed by atoms with E-state index in [1.165, 1.54) is 6.07 Å². The van der Waals surface area contributed by atoms with E-state index in [9.17, 15) is 8.78 Å². The van der Waals surface area contributed by atoms with E-state index in [1.54, 1.807) is 6.07 Å². The van der Waals surface area contributed by atoms with Gasteiger partial charge in [-0.3, -0.25) is 0 Å². The minimum absolute atomic E-state index is 0.491. The maximum absolute atomic E-state index is 13.1. The van der Waals surface area contributed by atoms with Crippen LogP contribution in [0.3, 0.4) is 0 Å². The summed E-state index contributed by atoms with van der Waals surface area (Å²) in [6, 6.07) is 11.8. The molecule has 0 aliphatic heterocycles. The first-order valence-corrected chi connectivity index (χ1v) is 7.05. The molecule has 0 aliphatic rings. The molecule has 0 saturated carbocycles. The molecular formula is C17H19F2NO. The molecule has 0 bridgehead atoms. The average Bonchev–Trinajstić information content (AvgIpc) is 2.50. The van der Waals surface area contributed by atoms with Crippen LogP contribution in [0.4, 0.5) is 8.78 Å². The van der Waals surface area contributed by atoms with Gasteiger partial charge in [-0.1, -0.05) is 25.1 Å². The molecule has 21 heavy (non-hydrogen) atoms. The van der Waals surface area contributed by atoms with Gasteiger partial charge in [-0.05, 0) is 41.8 Å². The first-order valence-electron chi connectivity index (χ1n) is 7.05. The lowest BCUT2D eigenvalue weighted by Crippen LogP contribution is -2.12. The second-order valence-electron chi connectivity index (χ2n) is 4.84. The predicted octanol–water partition coefficient (Wildman–Crippen LogP) is 4.04. The number of benzene rings is 2. The summed E-state index contributed by atoms with van der Waals surface area (Å²) in [6.45, 7) is 3.93. The van der Waals surface area contributed by atoms with Crippen molar-refractivity contribution < 1.29 is 13.5 Å². The van der Waals surface area contributed by atoms with Crippen LogP contribution >= 0.6 is 0 Å². The molecule has 0 radical (unpaired) electrons. The van der Waals surface area contributed by atoms with Crippen LogP contribution in [-0.4, -0.2) is 6.61 Å². The molecule has 4 heteroatoms. The minimum Gasteiger partial charge on any atom is -0.494 e. The first kappa shape index (κ1) is 15.4. The molecule has 1 N–H and O–H groups in total. The Balaban J connectivity index is 1.81. The molecule has 0 amide bonds. The number of hydrogen-bond donors (Lipinski definition) is 1. The van der Waals surface area contributed by atoms with Gasteiger partial charge in [-0.25, -0.2) is 8.78 Å². The first-order chi connectivity index (χ1) is 10.2. The summed E-state index contributed by atoms with van der Waals surface area (Å²) in [4.78, 5) is 0. The highest BCUT2D eigenvalue weighted by atomic mass is 19.2. The quantitative estimate of drug-likeness (QED) is 0.831. The van der Waals surface area contributed by atoms with Crippen molar-refractivity contribution in [1.82, 2.24) is 5.32 Å². The van der Waals surface area contributed by atoms with Crippen LogP contribution in [0.25, 0.3) is 0 Å². The highest BCUT2D eigenvalue weighted by Gasteiger charge is 2.02. The van der Waals surface area contributed by atoms with Gasteiger partial charge in [0.05, 0.1) is 6.61 Å². The summed E-state index contributed by atoms with van der Waals surface area (Å²) >= 11 is 0. The number of halogens is 2. The zero-order chi connectivity index (χ0) is 15.1. The lowest BCUT2D eigenvalue weighted by molar-refractivity contribution is 0.317. The van der Waals surface area contributed by atoms with Gasteiger partial charge < -0.3 is 10.1 Å². The summed E-state index contributed by atoms with van der Waals surface area (Å²) in [5.41, 5.74) is 1.83. The van der Waals surface area contributed by atoms with Crippen molar-refractivity contribution in [1.29, 1.82) is 0 Å². The molecule has 0 aromatic heterocycles. The Kier molecular flexibility index (Phi) is 5.69. The lowest BCUT2D eigenvalue weighted by atomic mass is 10.2. The van der Waals surface area contributed by atoms with Crippen LogP contribution in [0.1, 0.15) is 24.5 Å². The molecule has 0 heterocycles. The maximum atomic E-state index is 13.1. The molecule has 2 nitrogen and oxygen atoms in total. The monoisotopic (exact) mass is 291 g/mol. The zero-order valence-corrected chi connectivity index (χ0v) is 12.0. The minimum atomic E-state index is -0.818. The highest BCUT2D eigenvalue weighted by molar-refractivity contribution is 5.27. The molecule has 0 fully saturated rings. The van der Waals surface area contributed by atoms with Crippen LogP contribution < -0.4 is 10.1 Å². The normalized spacial score (nSPS) is 10.6. The third-order valence-corrected chi connectivity index (χ3v) is 3.04. The van der Waals surface area contributed by atoms with E-state index >= 15 is 0 Å². The molecule has 2 rings (SSSR count). The van der Waals surface area contributed by atoms with Crippen molar-refractivity contribution in [2.24, 2.45) is 0 Å². The van der Waals surface area contributed by atoms with Crippen LogP contribution in [0.2, 0.25) is 0 Å². The Morgan fingerprint density at radius 2 is 1.57 bits per heavy atom. The second kappa shape index (κ2) is 7.74. The van der Waals surface area contributed by atoms with Gasteiger partial charge >= 0.3 is 0 Å². The Labute approximate surface area is 123 Å². The Morgan fingerprint density at radius 1 is 0.905 bits per heavy atom. The van der Waals surface area contributed by atoms with Crippen molar-refractivity contribution in [2.45, 2.75) is 26.4 Å². The van der Waals surface area contributed by atoms with Crippen LogP contribution in [-0.2, 0) is 13.1 Å². The zero-order valence-electron chi connectivity index (χ0n) is 12.0. The predicted molar refractivity (Wildman–Crippen MR) is 79.1 cm³/mol. The molecule has 0 spiro atoms. The number of hydrogen-bond acceptors (Lipinski definition) is 2. The van der Waals surface area contributed by atoms with E-state index in [-0.39, 0.29) is 0 Å². The molecule has 2 aromatic rings. The Morgan fingerprint density at radius 3 is 2.24 bits per heavy atom. The van der Waals surface area contributed by atoms with Gasteiger partial charge in [-0.15, -0.1) is 0 Å². The number of rotatable bonds is 7. The summed E-state index contributed by atoms with van der Waals surface area (Å²) in [6.07, 6.45) is 0.984. The van der Waals surface area contributed by atoms with E-state index in [0.717, 1.165) is 29.4 Å². The fraction of sp³-hybridized carbons (Fsp3) is 0.294. The third-order valence-electron chi connectivity index (χ3n) is 3.04. The SMILES string of the molecule is CCCOc1ccc(CNCc2ccc(F)c(F)c2)cc1. The van der Waals surface area contributed by atoms with Crippen molar-refractivity contribution in [3.63, 3.8) is 0 Å². The molecule has 0 atom stereocenters. The van der Waals surface area contributed by atoms with Gasteiger partial charge in [0.1, 0.15) is 5.75 Å². The Bertz CT molecular complexity index is 570. The van der Waals surface area contributed by atoms with Gasteiger partial charge in [0.15, 0.2) is 11.6 Å². The summed E-state index contributed by atoms with van der Waals surface area (Å²) < 4.78 is 31.4. The molecule has 2 aromatic carbocycles. The van der Waals surface area contributed by atoms with Gasteiger partial charge in [0, 0.05) is 13.1 Å². The molecule has 0 unspecified atom stereocenters. The maximum Gasteiger partial charge on any atom is 0.159 e.